The number of para-hydroxylation sites is 2. The number of piperazine rings is 1. The highest BCUT2D eigenvalue weighted by Crippen LogP contribution is 2.28. The molecule has 2 aromatic rings. The number of rotatable bonds is 7. The van der Waals surface area contributed by atoms with Crippen LogP contribution in [-0.2, 0) is 0 Å². The van der Waals surface area contributed by atoms with Crippen molar-refractivity contribution in [2.75, 3.05) is 50.5 Å². The normalized spacial score (nSPS) is 14.2. The van der Waals surface area contributed by atoms with Crippen LogP contribution in [0.2, 0.25) is 0 Å². The van der Waals surface area contributed by atoms with E-state index in [1.807, 2.05) is 24.3 Å². The van der Waals surface area contributed by atoms with Crippen LogP contribution in [0.5, 0.6) is 5.75 Å². The van der Waals surface area contributed by atoms with E-state index in [0.29, 0.717) is 0 Å². The fraction of sp³-hybridized carbons (Fsp3) is 0.400. The van der Waals surface area contributed by atoms with Gasteiger partial charge in [-0.1, -0.05) is 12.1 Å². The molecule has 1 saturated heterocycles. The number of halogens is 3. The summed E-state index contributed by atoms with van der Waals surface area (Å²) in [5, 5.41) is 0. The lowest BCUT2D eigenvalue weighted by Gasteiger charge is -2.36. The average molecular weight is 433 g/mol. The maximum atomic E-state index is 12.9. The lowest BCUT2D eigenvalue weighted by atomic mass is 10.2. The van der Waals surface area contributed by atoms with Crippen LogP contribution in [0.1, 0.15) is 6.42 Å². The number of hydrogen-bond acceptors (Lipinski definition) is 4. The Labute approximate surface area is 178 Å². The van der Waals surface area contributed by atoms with Gasteiger partial charge in [0.2, 0.25) is 0 Å². The fourth-order valence-corrected chi connectivity index (χ4v) is 3.95. The predicted octanol–water partition coefficient (Wildman–Crippen LogP) is 4.98. The zero-order chi connectivity index (χ0) is 17.5. The number of anilines is 1. The third kappa shape index (κ3) is 7.07. The van der Waals surface area contributed by atoms with Gasteiger partial charge in [-0.05, 0) is 55.1 Å². The van der Waals surface area contributed by atoms with Crippen LogP contribution in [0.15, 0.2) is 53.4 Å². The third-order valence-electron chi connectivity index (χ3n) is 4.50. The monoisotopic (exact) mass is 432 g/mol. The third-order valence-corrected chi connectivity index (χ3v) is 5.60. The lowest BCUT2D eigenvalue weighted by Crippen LogP contribution is -2.46. The van der Waals surface area contributed by atoms with Crippen molar-refractivity contribution in [3.8, 4) is 5.75 Å². The van der Waals surface area contributed by atoms with Gasteiger partial charge in [0.15, 0.2) is 0 Å². The molecule has 0 spiro atoms. The molecule has 0 saturated carbocycles. The summed E-state index contributed by atoms with van der Waals surface area (Å²) in [6.07, 6.45) is 1.15. The van der Waals surface area contributed by atoms with Crippen molar-refractivity contribution in [2.24, 2.45) is 0 Å². The molecule has 1 aliphatic heterocycles. The number of ether oxygens (including phenoxy) is 1. The zero-order valence-corrected chi connectivity index (χ0v) is 17.9. The Morgan fingerprint density at radius 2 is 1.63 bits per heavy atom. The number of thioether (sulfide) groups is 1. The molecule has 0 amide bonds. The van der Waals surface area contributed by atoms with Gasteiger partial charge in [-0.15, -0.1) is 36.6 Å². The molecule has 1 aliphatic rings. The highest BCUT2D eigenvalue weighted by atomic mass is 35.5. The first-order valence-electron chi connectivity index (χ1n) is 8.75. The summed E-state index contributed by atoms with van der Waals surface area (Å²) in [6, 6.07) is 15.0. The first-order chi connectivity index (χ1) is 12.3. The van der Waals surface area contributed by atoms with Gasteiger partial charge in [0, 0.05) is 31.1 Å². The van der Waals surface area contributed by atoms with Crippen LogP contribution in [0.25, 0.3) is 0 Å². The van der Waals surface area contributed by atoms with Crippen molar-refractivity contribution in [1.82, 2.24) is 4.90 Å². The molecule has 7 heteroatoms. The molecule has 0 unspecified atom stereocenters. The second-order valence-electron chi connectivity index (χ2n) is 6.16. The molecule has 0 N–H and O–H groups in total. The van der Waals surface area contributed by atoms with Crippen molar-refractivity contribution in [3.05, 3.63) is 54.3 Å². The molecule has 150 valence electrons. The molecule has 1 fully saturated rings. The minimum absolute atomic E-state index is 0. The van der Waals surface area contributed by atoms with E-state index in [1.54, 1.807) is 18.9 Å². The van der Waals surface area contributed by atoms with Crippen molar-refractivity contribution in [3.63, 3.8) is 0 Å². The Morgan fingerprint density at radius 1 is 0.963 bits per heavy atom. The Morgan fingerprint density at radius 3 is 2.30 bits per heavy atom. The maximum Gasteiger partial charge on any atom is 0.142 e. The molecule has 0 aromatic heterocycles. The summed E-state index contributed by atoms with van der Waals surface area (Å²) >= 11 is 1.80. The van der Waals surface area contributed by atoms with Crippen LogP contribution >= 0.6 is 36.6 Å². The molecule has 0 aliphatic carbocycles. The standard InChI is InChI=1S/C20H25FN2OS.2ClH/c1-24-20-6-3-2-5-19(20)23-14-12-22(13-15-23)11-4-16-25-18-9-7-17(21)8-10-18;;/h2-3,5-10H,4,11-16H2,1H3;2*1H. The smallest absolute Gasteiger partial charge is 0.142 e. The number of hydrogen-bond donors (Lipinski definition) is 0. The molecular formula is C20H27Cl2FN2OS. The van der Waals surface area contributed by atoms with Gasteiger partial charge >= 0.3 is 0 Å². The fourth-order valence-electron chi connectivity index (χ4n) is 3.11. The van der Waals surface area contributed by atoms with Gasteiger partial charge in [0.25, 0.3) is 0 Å². The summed E-state index contributed by atoms with van der Waals surface area (Å²) in [5.41, 5.74) is 1.19. The summed E-state index contributed by atoms with van der Waals surface area (Å²) in [4.78, 5) is 6.07. The molecule has 3 rings (SSSR count). The van der Waals surface area contributed by atoms with Gasteiger partial charge in [-0.25, -0.2) is 4.39 Å². The van der Waals surface area contributed by atoms with Crippen LogP contribution in [0.3, 0.4) is 0 Å². The van der Waals surface area contributed by atoms with Gasteiger partial charge < -0.3 is 9.64 Å². The van der Waals surface area contributed by atoms with Crippen molar-refractivity contribution >= 4 is 42.3 Å². The second-order valence-corrected chi connectivity index (χ2v) is 7.32. The van der Waals surface area contributed by atoms with E-state index in [9.17, 15) is 4.39 Å². The molecule has 3 nitrogen and oxygen atoms in total. The Bertz CT molecular complexity index is 667. The Kier molecular flexibility index (Phi) is 10.9. The SMILES string of the molecule is COc1ccccc1N1CCN(CCCSc2ccc(F)cc2)CC1.Cl.Cl. The molecular weight excluding hydrogens is 406 g/mol. The number of benzene rings is 2. The van der Waals surface area contributed by atoms with Crippen molar-refractivity contribution < 1.29 is 9.13 Å². The highest BCUT2D eigenvalue weighted by Gasteiger charge is 2.18. The first-order valence-corrected chi connectivity index (χ1v) is 9.73. The van der Waals surface area contributed by atoms with Crippen LogP contribution in [0.4, 0.5) is 10.1 Å². The van der Waals surface area contributed by atoms with Gasteiger partial charge in [-0.2, -0.15) is 0 Å². The summed E-state index contributed by atoms with van der Waals surface area (Å²) < 4.78 is 18.4. The van der Waals surface area contributed by atoms with E-state index >= 15 is 0 Å². The average Bonchev–Trinajstić information content (AvgIpc) is 2.67. The molecule has 1 heterocycles. The quantitative estimate of drug-likeness (QED) is 0.452. The predicted molar refractivity (Wildman–Crippen MR) is 118 cm³/mol. The molecule has 0 radical (unpaired) electrons. The first kappa shape index (κ1) is 23.9. The van der Waals surface area contributed by atoms with Gasteiger partial charge in [0.05, 0.1) is 12.8 Å². The minimum atomic E-state index is -0.169. The largest absolute Gasteiger partial charge is 0.495 e. The van der Waals surface area contributed by atoms with E-state index in [-0.39, 0.29) is 30.6 Å². The van der Waals surface area contributed by atoms with E-state index in [1.165, 1.54) is 17.8 Å². The number of methoxy groups -OCH3 is 1. The molecule has 2 aromatic carbocycles. The summed E-state index contributed by atoms with van der Waals surface area (Å²) in [7, 11) is 1.73. The highest BCUT2D eigenvalue weighted by molar-refractivity contribution is 7.99. The summed E-state index contributed by atoms with van der Waals surface area (Å²) in [5.74, 6) is 1.85. The Balaban J connectivity index is 0.00000182. The second kappa shape index (κ2) is 12.3. The van der Waals surface area contributed by atoms with E-state index in [0.717, 1.165) is 55.5 Å². The van der Waals surface area contributed by atoms with Crippen molar-refractivity contribution in [1.29, 1.82) is 0 Å². The van der Waals surface area contributed by atoms with Crippen LogP contribution in [-0.4, -0.2) is 50.5 Å². The topological polar surface area (TPSA) is 15.7 Å². The lowest BCUT2D eigenvalue weighted by molar-refractivity contribution is 0.258. The van der Waals surface area contributed by atoms with E-state index in [4.69, 9.17) is 4.74 Å². The molecule has 0 atom stereocenters. The maximum absolute atomic E-state index is 12.9. The van der Waals surface area contributed by atoms with E-state index in [2.05, 4.69) is 21.9 Å². The van der Waals surface area contributed by atoms with Crippen molar-refractivity contribution in [2.45, 2.75) is 11.3 Å². The van der Waals surface area contributed by atoms with Crippen LogP contribution < -0.4 is 9.64 Å². The number of nitrogens with zero attached hydrogens (tertiary/aromatic N) is 2. The van der Waals surface area contributed by atoms with Gasteiger partial charge in [-0.3, -0.25) is 4.90 Å². The Hall–Kier alpha value is -1.14. The molecule has 0 bridgehead atoms. The minimum Gasteiger partial charge on any atom is -0.495 e. The van der Waals surface area contributed by atoms with Crippen LogP contribution in [0, 0.1) is 5.82 Å². The van der Waals surface area contributed by atoms with E-state index < -0.39 is 0 Å². The summed E-state index contributed by atoms with van der Waals surface area (Å²) in [6.45, 7) is 5.35. The zero-order valence-electron chi connectivity index (χ0n) is 15.5. The van der Waals surface area contributed by atoms with Gasteiger partial charge in [0.1, 0.15) is 11.6 Å². The molecule has 27 heavy (non-hydrogen) atoms.